The number of sulfonamides is 1. The quantitative estimate of drug-likeness (QED) is 0.776. The Kier molecular flexibility index (Phi) is 4.61. The summed E-state index contributed by atoms with van der Waals surface area (Å²) in [4.78, 5) is 2.48. The Morgan fingerprint density at radius 3 is 2.43 bits per heavy atom. The summed E-state index contributed by atoms with van der Waals surface area (Å²) in [6.45, 7) is 10.1. The molecule has 0 aliphatic carbocycles. The Morgan fingerprint density at radius 2 is 1.78 bits per heavy atom. The molecule has 0 bridgehead atoms. The van der Waals surface area contributed by atoms with Gasteiger partial charge < -0.3 is 9.47 Å². The predicted octanol–water partition coefficient (Wildman–Crippen LogP) is 1.34. The van der Waals surface area contributed by atoms with Crippen molar-refractivity contribution in [3.8, 4) is 11.5 Å². The SMILES string of the molecule is C=C(C)CN1CCN(S(=O)(=O)c2ccc3c(c2)OCCO3)CC1. The van der Waals surface area contributed by atoms with Crippen molar-refractivity contribution in [2.45, 2.75) is 11.8 Å². The molecule has 3 rings (SSSR count). The summed E-state index contributed by atoms with van der Waals surface area (Å²) >= 11 is 0. The van der Waals surface area contributed by atoms with E-state index >= 15 is 0 Å². The molecule has 1 aromatic rings. The first-order chi connectivity index (χ1) is 11.0. The van der Waals surface area contributed by atoms with Crippen molar-refractivity contribution in [3.05, 3.63) is 30.4 Å². The van der Waals surface area contributed by atoms with Gasteiger partial charge >= 0.3 is 0 Å². The van der Waals surface area contributed by atoms with E-state index in [4.69, 9.17) is 9.47 Å². The number of nitrogens with zero attached hydrogens (tertiary/aromatic N) is 2. The average molecular weight is 338 g/mol. The summed E-state index contributed by atoms with van der Waals surface area (Å²) in [6, 6.07) is 4.81. The molecule has 0 atom stereocenters. The summed E-state index contributed by atoms with van der Waals surface area (Å²) < 4.78 is 38.0. The normalized spacial score (nSPS) is 19.5. The van der Waals surface area contributed by atoms with Crippen molar-refractivity contribution in [1.29, 1.82) is 0 Å². The van der Waals surface area contributed by atoms with Gasteiger partial charge in [-0.25, -0.2) is 8.42 Å². The average Bonchev–Trinajstić information content (AvgIpc) is 2.54. The second kappa shape index (κ2) is 6.51. The molecule has 0 radical (unpaired) electrons. The third-order valence-corrected chi connectivity index (χ3v) is 5.87. The van der Waals surface area contributed by atoms with Crippen molar-refractivity contribution < 1.29 is 17.9 Å². The molecule has 0 unspecified atom stereocenters. The molecule has 0 aromatic heterocycles. The highest BCUT2D eigenvalue weighted by Crippen LogP contribution is 2.33. The number of hydrogen-bond donors (Lipinski definition) is 0. The molecule has 1 fully saturated rings. The molecule has 2 heterocycles. The van der Waals surface area contributed by atoms with Gasteiger partial charge in [0.15, 0.2) is 11.5 Å². The van der Waals surface area contributed by atoms with Gasteiger partial charge in [-0.15, -0.1) is 0 Å². The van der Waals surface area contributed by atoms with Gasteiger partial charge in [0.25, 0.3) is 0 Å². The van der Waals surface area contributed by atoms with Crippen molar-refractivity contribution in [3.63, 3.8) is 0 Å². The summed E-state index contributed by atoms with van der Waals surface area (Å²) in [7, 11) is -3.50. The van der Waals surface area contributed by atoms with E-state index in [9.17, 15) is 8.42 Å². The number of rotatable bonds is 4. The fourth-order valence-electron chi connectivity index (χ4n) is 2.84. The monoisotopic (exact) mass is 338 g/mol. The maximum Gasteiger partial charge on any atom is 0.243 e. The lowest BCUT2D eigenvalue weighted by Gasteiger charge is -2.34. The summed E-state index contributed by atoms with van der Waals surface area (Å²) in [6.07, 6.45) is 0. The molecule has 0 amide bonds. The second-order valence-corrected chi connectivity index (χ2v) is 7.88. The number of benzene rings is 1. The first kappa shape index (κ1) is 16.3. The van der Waals surface area contributed by atoms with Gasteiger partial charge in [-0.05, 0) is 19.1 Å². The highest BCUT2D eigenvalue weighted by atomic mass is 32.2. The largest absolute Gasteiger partial charge is 0.486 e. The van der Waals surface area contributed by atoms with Crippen LogP contribution in [0.5, 0.6) is 11.5 Å². The van der Waals surface area contributed by atoms with E-state index in [1.54, 1.807) is 18.2 Å². The molecule has 2 aliphatic rings. The zero-order valence-electron chi connectivity index (χ0n) is 13.3. The Labute approximate surface area is 137 Å². The number of fused-ring (bicyclic) bond motifs is 1. The highest BCUT2D eigenvalue weighted by molar-refractivity contribution is 7.89. The third kappa shape index (κ3) is 3.52. The Morgan fingerprint density at radius 1 is 1.13 bits per heavy atom. The van der Waals surface area contributed by atoms with Crippen LogP contribution in [0.2, 0.25) is 0 Å². The van der Waals surface area contributed by atoms with Crippen molar-refractivity contribution >= 4 is 10.0 Å². The fourth-order valence-corrected chi connectivity index (χ4v) is 4.28. The van der Waals surface area contributed by atoms with Gasteiger partial charge in [-0.3, -0.25) is 4.90 Å². The second-order valence-electron chi connectivity index (χ2n) is 5.94. The molecule has 0 saturated carbocycles. The minimum atomic E-state index is -3.50. The molecule has 0 N–H and O–H groups in total. The van der Waals surface area contributed by atoms with E-state index < -0.39 is 10.0 Å². The van der Waals surface area contributed by atoms with Gasteiger partial charge in [-0.1, -0.05) is 12.2 Å². The van der Waals surface area contributed by atoms with Crippen LogP contribution >= 0.6 is 0 Å². The van der Waals surface area contributed by atoms with Crippen molar-refractivity contribution in [2.75, 3.05) is 45.9 Å². The van der Waals surface area contributed by atoms with Crippen LogP contribution in [0, 0.1) is 0 Å². The minimum Gasteiger partial charge on any atom is -0.486 e. The molecule has 1 aromatic carbocycles. The summed E-state index contributed by atoms with van der Waals surface area (Å²) in [5.74, 6) is 1.10. The maximum atomic E-state index is 12.8. The smallest absolute Gasteiger partial charge is 0.243 e. The third-order valence-electron chi connectivity index (χ3n) is 3.98. The topological polar surface area (TPSA) is 59.1 Å². The zero-order chi connectivity index (χ0) is 16.4. The Hall–Kier alpha value is -1.57. The maximum absolute atomic E-state index is 12.8. The lowest BCUT2D eigenvalue weighted by atomic mass is 10.3. The van der Waals surface area contributed by atoms with Crippen LogP contribution < -0.4 is 9.47 Å². The minimum absolute atomic E-state index is 0.259. The van der Waals surface area contributed by atoms with Gasteiger partial charge in [-0.2, -0.15) is 4.31 Å². The van der Waals surface area contributed by atoms with E-state index in [0.29, 0.717) is 37.8 Å². The van der Waals surface area contributed by atoms with Gasteiger partial charge in [0.1, 0.15) is 13.2 Å². The zero-order valence-corrected chi connectivity index (χ0v) is 14.1. The summed E-state index contributed by atoms with van der Waals surface area (Å²) in [5, 5.41) is 0. The lowest BCUT2D eigenvalue weighted by molar-refractivity contribution is 0.171. The molecular formula is C16H22N2O4S. The Bertz CT molecular complexity index is 694. The molecule has 126 valence electrons. The van der Waals surface area contributed by atoms with E-state index in [1.807, 2.05) is 6.92 Å². The van der Waals surface area contributed by atoms with Crippen LogP contribution in [0.4, 0.5) is 0 Å². The van der Waals surface area contributed by atoms with Gasteiger partial charge in [0.05, 0.1) is 4.90 Å². The first-order valence-corrected chi connectivity index (χ1v) is 9.17. The molecular weight excluding hydrogens is 316 g/mol. The van der Waals surface area contributed by atoms with Crippen molar-refractivity contribution in [2.24, 2.45) is 0 Å². The summed E-state index contributed by atoms with van der Waals surface area (Å²) in [5.41, 5.74) is 1.09. The van der Waals surface area contributed by atoms with Crippen LogP contribution in [0.15, 0.2) is 35.2 Å². The number of hydrogen-bond acceptors (Lipinski definition) is 5. The highest BCUT2D eigenvalue weighted by Gasteiger charge is 2.29. The molecule has 1 saturated heterocycles. The number of ether oxygens (including phenoxy) is 2. The predicted molar refractivity (Wildman–Crippen MR) is 87.4 cm³/mol. The first-order valence-electron chi connectivity index (χ1n) is 7.73. The lowest BCUT2D eigenvalue weighted by Crippen LogP contribution is -2.48. The number of piperazine rings is 1. The van der Waals surface area contributed by atoms with Gasteiger partial charge in [0.2, 0.25) is 10.0 Å². The Balaban J connectivity index is 1.73. The molecule has 7 heteroatoms. The van der Waals surface area contributed by atoms with Crippen LogP contribution in [0.1, 0.15) is 6.92 Å². The standard InChI is InChI=1S/C16H22N2O4S/c1-13(2)12-17-5-7-18(8-6-17)23(19,20)14-3-4-15-16(11-14)22-10-9-21-15/h3-4,11H,1,5-10,12H2,2H3. The molecule has 2 aliphatic heterocycles. The van der Waals surface area contributed by atoms with E-state index in [0.717, 1.165) is 25.2 Å². The fraction of sp³-hybridized carbons (Fsp3) is 0.500. The van der Waals surface area contributed by atoms with E-state index in [2.05, 4.69) is 11.5 Å². The van der Waals surface area contributed by atoms with Crippen LogP contribution in [0.3, 0.4) is 0 Å². The van der Waals surface area contributed by atoms with Gasteiger partial charge in [0, 0.05) is 38.8 Å². The van der Waals surface area contributed by atoms with Crippen LogP contribution in [-0.2, 0) is 10.0 Å². The molecule has 6 nitrogen and oxygen atoms in total. The molecule has 0 spiro atoms. The van der Waals surface area contributed by atoms with E-state index in [-0.39, 0.29) is 4.90 Å². The van der Waals surface area contributed by atoms with E-state index in [1.165, 1.54) is 4.31 Å². The molecule has 23 heavy (non-hydrogen) atoms. The van der Waals surface area contributed by atoms with Crippen LogP contribution in [0.25, 0.3) is 0 Å². The van der Waals surface area contributed by atoms with Crippen LogP contribution in [-0.4, -0.2) is 63.6 Å². The van der Waals surface area contributed by atoms with Crippen molar-refractivity contribution in [1.82, 2.24) is 9.21 Å².